The lowest BCUT2D eigenvalue weighted by Gasteiger charge is -2.20. The lowest BCUT2D eigenvalue weighted by atomic mass is 9.87. The quantitative estimate of drug-likeness (QED) is 0.612. The van der Waals surface area contributed by atoms with E-state index in [2.05, 4.69) is 30.8 Å². The number of ether oxygens (including phenoxy) is 1. The molecule has 0 aliphatic rings. The predicted octanol–water partition coefficient (Wildman–Crippen LogP) is 3.90. The van der Waals surface area contributed by atoms with E-state index < -0.39 is 16.1 Å². The summed E-state index contributed by atoms with van der Waals surface area (Å²) in [5.74, 6) is 0.361. The largest absolute Gasteiger partial charge is 0.481 e. The number of carbonyl (C=O) groups excluding carboxylic acids is 1. The number of sulfonamides is 1. The molecule has 170 valence electrons. The maximum absolute atomic E-state index is 12.4. The van der Waals surface area contributed by atoms with Crippen LogP contribution in [0.4, 0.5) is 0 Å². The number of nitrogens with one attached hydrogen (secondary N) is 2. The van der Waals surface area contributed by atoms with Crippen molar-refractivity contribution >= 4 is 15.9 Å². The second-order valence-electron chi connectivity index (χ2n) is 9.10. The van der Waals surface area contributed by atoms with Crippen LogP contribution in [0.15, 0.2) is 48.5 Å². The van der Waals surface area contributed by atoms with Crippen LogP contribution in [0.1, 0.15) is 58.2 Å². The van der Waals surface area contributed by atoms with Crippen LogP contribution in [-0.2, 0) is 32.5 Å². The van der Waals surface area contributed by atoms with Crippen molar-refractivity contribution in [2.45, 2.75) is 71.4 Å². The normalized spacial score (nSPS) is 13.1. The second kappa shape index (κ2) is 10.3. The lowest BCUT2D eigenvalue weighted by Crippen LogP contribution is -2.35. The Labute approximate surface area is 186 Å². The second-order valence-corrected chi connectivity index (χ2v) is 10.9. The highest BCUT2D eigenvalue weighted by Crippen LogP contribution is 2.24. The van der Waals surface area contributed by atoms with Crippen LogP contribution in [0.5, 0.6) is 5.75 Å². The van der Waals surface area contributed by atoms with Gasteiger partial charge in [0.1, 0.15) is 5.75 Å². The Morgan fingerprint density at radius 2 is 1.48 bits per heavy atom. The van der Waals surface area contributed by atoms with Gasteiger partial charge in [0.15, 0.2) is 6.10 Å². The van der Waals surface area contributed by atoms with Crippen LogP contribution < -0.4 is 14.8 Å². The molecule has 0 aliphatic heterocycles. The number of rotatable bonds is 9. The van der Waals surface area contributed by atoms with E-state index in [1.807, 2.05) is 36.4 Å². The van der Waals surface area contributed by atoms with Gasteiger partial charge >= 0.3 is 0 Å². The third-order valence-electron chi connectivity index (χ3n) is 4.66. The van der Waals surface area contributed by atoms with Crippen molar-refractivity contribution in [3.63, 3.8) is 0 Å². The minimum atomic E-state index is -3.36. The van der Waals surface area contributed by atoms with Gasteiger partial charge in [-0.05, 0) is 55.0 Å². The smallest absolute Gasteiger partial charge is 0.261 e. The summed E-state index contributed by atoms with van der Waals surface area (Å²) in [7, 11) is -3.36. The van der Waals surface area contributed by atoms with Gasteiger partial charge in [0.05, 0.1) is 5.75 Å². The Morgan fingerprint density at radius 3 is 2.00 bits per heavy atom. The number of carbonyl (C=O) groups is 1. The number of hydrogen-bond donors (Lipinski definition) is 2. The molecule has 2 N–H and O–H groups in total. The molecule has 0 bridgehead atoms. The summed E-state index contributed by atoms with van der Waals surface area (Å²) >= 11 is 0. The van der Waals surface area contributed by atoms with Gasteiger partial charge in [-0.3, -0.25) is 4.79 Å². The van der Waals surface area contributed by atoms with Gasteiger partial charge in [0, 0.05) is 12.6 Å². The zero-order valence-corrected chi connectivity index (χ0v) is 20.0. The van der Waals surface area contributed by atoms with E-state index in [9.17, 15) is 13.2 Å². The van der Waals surface area contributed by atoms with Crippen molar-refractivity contribution < 1.29 is 17.9 Å². The SMILES string of the molecule is CC(C)NS(=O)(=O)Cc1ccc(CNC(=O)C(C)Oc2ccc(C(C)(C)C)cc2)cc1. The Bertz CT molecular complexity index is 960. The first kappa shape index (κ1) is 24.9. The molecule has 0 heterocycles. The summed E-state index contributed by atoms with van der Waals surface area (Å²) < 4.78 is 32.4. The topological polar surface area (TPSA) is 84.5 Å². The van der Waals surface area contributed by atoms with Crippen molar-refractivity contribution in [1.29, 1.82) is 0 Å². The first-order chi connectivity index (χ1) is 14.4. The molecule has 0 radical (unpaired) electrons. The molecule has 31 heavy (non-hydrogen) atoms. The third kappa shape index (κ3) is 8.34. The lowest BCUT2D eigenvalue weighted by molar-refractivity contribution is -0.127. The number of amides is 1. The molecule has 0 saturated carbocycles. The fourth-order valence-corrected chi connectivity index (χ4v) is 4.43. The van der Waals surface area contributed by atoms with E-state index in [-0.39, 0.29) is 23.1 Å². The maximum Gasteiger partial charge on any atom is 0.261 e. The van der Waals surface area contributed by atoms with Crippen LogP contribution in [0.3, 0.4) is 0 Å². The molecule has 0 aromatic heterocycles. The summed E-state index contributed by atoms with van der Waals surface area (Å²) in [6.07, 6.45) is -0.632. The zero-order valence-electron chi connectivity index (χ0n) is 19.2. The van der Waals surface area contributed by atoms with Crippen LogP contribution in [0, 0.1) is 0 Å². The van der Waals surface area contributed by atoms with Crippen molar-refractivity contribution in [3.05, 3.63) is 65.2 Å². The molecule has 2 rings (SSSR count). The average Bonchev–Trinajstić information content (AvgIpc) is 2.65. The van der Waals surface area contributed by atoms with Crippen LogP contribution >= 0.6 is 0 Å². The fourth-order valence-electron chi connectivity index (χ4n) is 3.00. The third-order valence-corrected chi connectivity index (χ3v) is 6.21. The molecular weight excluding hydrogens is 412 g/mol. The van der Waals surface area contributed by atoms with Gasteiger partial charge < -0.3 is 10.1 Å². The van der Waals surface area contributed by atoms with Gasteiger partial charge in [-0.2, -0.15) is 0 Å². The standard InChI is InChI=1S/C24H34N2O4S/c1-17(2)26-31(28,29)16-20-9-7-19(8-10-20)15-25-23(27)18(3)30-22-13-11-21(12-14-22)24(4,5)6/h7-14,17-18,26H,15-16H2,1-6H3,(H,25,27). The van der Waals surface area contributed by atoms with Gasteiger partial charge in [0.2, 0.25) is 10.0 Å². The zero-order chi connectivity index (χ0) is 23.2. The first-order valence-electron chi connectivity index (χ1n) is 10.5. The minimum Gasteiger partial charge on any atom is -0.481 e. The molecule has 0 spiro atoms. The van der Waals surface area contributed by atoms with Crippen LogP contribution in [0.2, 0.25) is 0 Å². The Morgan fingerprint density at radius 1 is 0.935 bits per heavy atom. The molecule has 0 aliphatic carbocycles. The van der Waals surface area contributed by atoms with E-state index in [1.165, 1.54) is 5.56 Å². The Balaban J connectivity index is 1.86. The molecule has 2 aromatic carbocycles. The highest BCUT2D eigenvalue weighted by atomic mass is 32.2. The Hall–Kier alpha value is -2.38. The average molecular weight is 447 g/mol. The monoisotopic (exact) mass is 446 g/mol. The van der Waals surface area contributed by atoms with Gasteiger partial charge in [-0.1, -0.05) is 57.2 Å². The summed E-state index contributed by atoms with van der Waals surface area (Å²) in [6, 6.07) is 14.8. The first-order valence-corrected chi connectivity index (χ1v) is 12.1. The molecule has 2 aromatic rings. The molecule has 0 saturated heterocycles. The van der Waals surface area contributed by atoms with E-state index in [0.29, 0.717) is 17.9 Å². The summed E-state index contributed by atoms with van der Waals surface area (Å²) in [4.78, 5) is 12.4. The van der Waals surface area contributed by atoms with Crippen molar-refractivity contribution in [3.8, 4) is 5.75 Å². The van der Waals surface area contributed by atoms with Crippen molar-refractivity contribution in [2.75, 3.05) is 0 Å². The van der Waals surface area contributed by atoms with E-state index in [0.717, 1.165) is 5.56 Å². The maximum atomic E-state index is 12.4. The van der Waals surface area contributed by atoms with Gasteiger partial charge in [0.25, 0.3) is 5.91 Å². The van der Waals surface area contributed by atoms with E-state index in [4.69, 9.17) is 4.74 Å². The van der Waals surface area contributed by atoms with Crippen molar-refractivity contribution in [2.24, 2.45) is 0 Å². The molecule has 7 heteroatoms. The summed E-state index contributed by atoms with van der Waals surface area (Å²) in [5.41, 5.74) is 2.84. The van der Waals surface area contributed by atoms with Crippen molar-refractivity contribution in [1.82, 2.24) is 10.0 Å². The molecule has 1 atom stereocenters. The molecule has 0 fully saturated rings. The van der Waals surface area contributed by atoms with Gasteiger partial charge in [-0.25, -0.2) is 13.1 Å². The highest BCUT2D eigenvalue weighted by Gasteiger charge is 2.17. The van der Waals surface area contributed by atoms with Gasteiger partial charge in [-0.15, -0.1) is 0 Å². The summed E-state index contributed by atoms with van der Waals surface area (Å²) in [6.45, 7) is 12.1. The molecular formula is C24H34N2O4S. The molecule has 6 nitrogen and oxygen atoms in total. The predicted molar refractivity (Wildman–Crippen MR) is 124 cm³/mol. The molecule has 1 unspecified atom stereocenters. The van der Waals surface area contributed by atoms with Crippen LogP contribution in [-0.4, -0.2) is 26.5 Å². The molecule has 1 amide bonds. The fraction of sp³-hybridized carbons (Fsp3) is 0.458. The summed E-state index contributed by atoms with van der Waals surface area (Å²) in [5, 5.41) is 2.85. The number of hydrogen-bond acceptors (Lipinski definition) is 4. The van der Waals surface area contributed by atoms with E-state index >= 15 is 0 Å². The van der Waals surface area contributed by atoms with E-state index in [1.54, 1.807) is 32.9 Å². The number of benzene rings is 2. The van der Waals surface area contributed by atoms with Crippen LogP contribution in [0.25, 0.3) is 0 Å². The Kier molecular flexibility index (Phi) is 8.26. The minimum absolute atomic E-state index is 0.0617. The highest BCUT2D eigenvalue weighted by molar-refractivity contribution is 7.88.